The molecule has 8 heteroatoms. The van der Waals surface area contributed by atoms with Crippen LogP contribution in [0, 0.1) is 0 Å². The Bertz CT molecular complexity index is 928. The summed E-state index contributed by atoms with van der Waals surface area (Å²) in [7, 11) is -1.98. The molecule has 0 bridgehead atoms. The Morgan fingerprint density at radius 2 is 1.88 bits per heavy atom. The lowest BCUT2D eigenvalue weighted by atomic mass is 9.95. The van der Waals surface area contributed by atoms with Gasteiger partial charge in [-0.05, 0) is 98.7 Å². The van der Waals surface area contributed by atoms with E-state index in [4.69, 9.17) is 20.8 Å². The maximum Gasteiger partial charge on any atom is 0.410 e. The van der Waals surface area contributed by atoms with Crippen molar-refractivity contribution < 1.29 is 14.0 Å². The number of fused-ring (bicyclic) bond motifs is 1. The van der Waals surface area contributed by atoms with E-state index < -0.39 is 19.5 Å². The van der Waals surface area contributed by atoms with Crippen molar-refractivity contribution in [3.63, 3.8) is 0 Å². The molecule has 0 aromatic heterocycles. The summed E-state index contributed by atoms with van der Waals surface area (Å²) in [6.07, 6.45) is 2.65. The molecule has 1 aromatic rings. The number of benzene rings is 1. The summed E-state index contributed by atoms with van der Waals surface area (Å²) in [6.45, 7) is 21.3. The molecular formula is C26H42BrClN2O3Si. The molecule has 5 nitrogen and oxygen atoms in total. The number of aryl methyl sites for hydroxylation is 1. The zero-order chi connectivity index (χ0) is 25.7. The van der Waals surface area contributed by atoms with Crippen LogP contribution in [0.4, 0.5) is 10.5 Å². The highest BCUT2D eigenvalue weighted by molar-refractivity contribution is 9.10. The van der Waals surface area contributed by atoms with Gasteiger partial charge >= 0.3 is 6.09 Å². The zero-order valence-electron chi connectivity index (χ0n) is 22.3. The van der Waals surface area contributed by atoms with E-state index in [0.717, 1.165) is 35.3 Å². The molecule has 1 aromatic carbocycles. The number of halogens is 2. The van der Waals surface area contributed by atoms with Crippen molar-refractivity contribution in [2.75, 3.05) is 24.6 Å². The molecule has 0 N–H and O–H groups in total. The van der Waals surface area contributed by atoms with Gasteiger partial charge in [-0.1, -0.05) is 32.4 Å². The topological polar surface area (TPSA) is 42.0 Å². The molecule has 0 saturated carbocycles. The molecule has 0 radical (unpaired) electrons. The second kappa shape index (κ2) is 9.60. The number of hydrogen-bond acceptors (Lipinski definition) is 4. The molecule has 2 heterocycles. The molecule has 2 aliphatic heterocycles. The number of nitrogens with zero attached hydrogens (tertiary/aromatic N) is 2. The van der Waals surface area contributed by atoms with E-state index in [0.29, 0.717) is 13.2 Å². The molecule has 2 atom stereocenters. The summed E-state index contributed by atoms with van der Waals surface area (Å²) < 4.78 is 13.6. The molecule has 0 unspecified atom stereocenters. The predicted molar refractivity (Wildman–Crippen MR) is 148 cm³/mol. The van der Waals surface area contributed by atoms with Crippen LogP contribution >= 0.6 is 27.5 Å². The lowest BCUT2D eigenvalue weighted by Gasteiger charge is -2.42. The smallest absolute Gasteiger partial charge is 0.410 e. The van der Waals surface area contributed by atoms with Crippen LogP contribution in [0.25, 0.3) is 0 Å². The van der Waals surface area contributed by atoms with Gasteiger partial charge < -0.3 is 14.1 Å². The third kappa shape index (κ3) is 5.96. The first kappa shape index (κ1) is 27.8. The van der Waals surface area contributed by atoms with Gasteiger partial charge in [0, 0.05) is 28.6 Å². The first-order valence-electron chi connectivity index (χ1n) is 12.3. The molecule has 0 aliphatic carbocycles. The SMILES string of the molecule is CC(C)(C)OC(=O)N1C[C@H](N2CCCc3cc(Cl)cc(Br)c32)C[C@@]1(C)CO[Si](C)(C)C(C)(C)C. The minimum Gasteiger partial charge on any atom is -0.444 e. The van der Waals surface area contributed by atoms with Crippen LogP contribution in [0.1, 0.15) is 66.9 Å². The highest BCUT2D eigenvalue weighted by Gasteiger charge is 2.50. The van der Waals surface area contributed by atoms with E-state index in [9.17, 15) is 4.79 Å². The van der Waals surface area contributed by atoms with Crippen molar-refractivity contribution in [3.8, 4) is 0 Å². The van der Waals surface area contributed by atoms with Gasteiger partial charge in [-0.3, -0.25) is 4.90 Å². The fourth-order valence-corrected chi connectivity index (χ4v) is 6.88. The molecule has 1 saturated heterocycles. The van der Waals surface area contributed by atoms with Crippen molar-refractivity contribution >= 4 is 47.6 Å². The van der Waals surface area contributed by atoms with E-state index in [2.05, 4.69) is 67.7 Å². The minimum absolute atomic E-state index is 0.105. The lowest BCUT2D eigenvalue weighted by Crippen LogP contribution is -2.53. The number of rotatable bonds is 4. The number of carbonyl (C=O) groups excluding carboxylic acids is 1. The Balaban J connectivity index is 1.92. The predicted octanol–water partition coefficient (Wildman–Crippen LogP) is 7.65. The third-order valence-electron chi connectivity index (χ3n) is 7.56. The van der Waals surface area contributed by atoms with Crippen molar-refractivity contribution in [1.29, 1.82) is 0 Å². The number of ether oxygens (including phenoxy) is 1. The molecule has 34 heavy (non-hydrogen) atoms. The van der Waals surface area contributed by atoms with Crippen LogP contribution in [0.5, 0.6) is 0 Å². The summed E-state index contributed by atoms with van der Waals surface area (Å²) in [6, 6.07) is 4.23. The van der Waals surface area contributed by atoms with Crippen LogP contribution in [-0.2, 0) is 15.6 Å². The van der Waals surface area contributed by atoms with Crippen LogP contribution in [-0.4, -0.2) is 56.2 Å². The number of hydrogen-bond donors (Lipinski definition) is 0. The Morgan fingerprint density at radius 3 is 2.47 bits per heavy atom. The summed E-state index contributed by atoms with van der Waals surface area (Å²) in [5.41, 5.74) is 1.48. The standard InChI is InChI=1S/C26H42BrClN2O3Si/c1-24(2,3)33-23(31)30-16-20(15-26(30,7)17-32-34(8,9)25(4,5)6)29-12-10-11-18-13-19(28)14-21(27)22(18)29/h13-14,20H,10-12,15-17H2,1-9H3/t20-,26+/m1/s1. The Kier molecular flexibility index (Phi) is 7.86. The number of likely N-dealkylation sites (tertiary alicyclic amines) is 1. The van der Waals surface area contributed by atoms with Gasteiger partial charge in [0.05, 0.1) is 17.8 Å². The van der Waals surface area contributed by atoms with E-state index in [1.165, 1.54) is 11.3 Å². The number of amides is 1. The van der Waals surface area contributed by atoms with Crippen LogP contribution in [0.3, 0.4) is 0 Å². The summed E-state index contributed by atoms with van der Waals surface area (Å²) in [5, 5.41) is 0.857. The van der Waals surface area contributed by atoms with Gasteiger partial charge in [0.25, 0.3) is 0 Å². The maximum atomic E-state index is 13.4. The van der Waals surface area contributed by atoms with Gasteiger partial charge in [0.2, 0.25) is 0 Å². The molecule has 2 aliphatic rings. The Morgan fingerprint density at radius 1 is 1.24 bits per heavy atom. The number of anilines is 1. The summed E-state index contributed by atoms with van der Waals surface area (Å²) >= 11 is 10.1. The largest absolute Gasteiger partial charge is 0.444 e. The van der Waals surface area contributed by atoms with Crippen molar-refractivity contribution in [1.82, 2.24) is 4.90 Å². The van der Waals surface area contributed by atoms with Gasteiger partial charge in [-0.15, -0.1) is 0 Å². The average molecular weight is 574 g/mol. The van der Waals surface area contributed by atoms with Gasteiger partial charge in [-0.2, -0.15) is 0 Å². The van der Waals surface area contributed by atoms with E-state index in [-0.39, 0.29) is 17.2 Å². The van der Waals surface area contributed by atoms with Crippen LogP contribution in [0.15, 0.2) is 16.6 Å². The van der Waals surface area contributed by atoms with E-state index in [1.54, 1.807) is 0 Å². The zero-order valence-corrected chi connectivity index (χ0v) is 25.7. The third-order valence-corrected chi connectivity index (χ3v) is 12.9. The van der Waals surface area contributed by atoms with Gasteiger partial charge in [-0.25, -0.2) is 4.79 Å². The first-order valence-corrected chi connectivity index (χ1v) is 16.4. The van der Waals surface area contributed by atoms with Crippen LogP contribution < -0.4 is 4.90 Å². The Labute approximate surface area is 220 Å². The molecular weight excluding hydrogens is 532 g/mol. The quantitative estimate of drug-likeness (QED) is 0.347. The fraction of sp³-hybridized carbons (Fsp3) is 0.731. The highest BCUT2D eigenvalue weighted by atomic mass is 79.9. The first-order chi connectivity index (χ1) is 15.4. The van der Waals surface area contributed by atoms with Crippen molar-refractivity contribution in [2.45, 2.75) is 103 Å². The average Bonchev–Trinajstić information content (AvgIpc) is 3.01. The molecule has 1 amide bonds. The molecule has 1 fully saturated rings. The Hall–Kier alpha value is -0.763. The molecule has 0 spiro atoms. The fourth-order valence-electron chi connectivity index (χ4n) is 4.67. The lowest BCUT2D eigenvalue weighted by molar-refractivity contribution is 0.00116. The monoisotopic (exact) mass is 572 g/mol. The van der Waals surface area contributed by atoms with Crippen molar-refractivity contribution in [2.24, 2.45) is 0 Å². The second-order valence-corrected chi connectivity index (χ2v) is 18.8. The second-order valence-electron chi connectivity index (χ2n) is 12.7. The van der Waals surface area contributed by atoms with Crippen LogP contribution in [0.2, 0.25) is 23.2 Å². The minimum atomic E-state index is -1.98. The summed E-state index contributed by atoms with van der Waals surface area (Å²) in [5.74, 6) is 0. The normalized spacial score (nSPS) is 23.8. The highest BCUT2D eigenvalue weighted by Crippen LogP contribution is 2.44. The molecule has 3 rings (SSSR count). The summed E-state index contributed by atoms with van der Waals surface area (Å²) in [4.78, 5) is 17.8. The van der Waals surface area contributed by atoms with Crippen molar-refractivity contribution in [3.05, 3.63) is 27.2 Å². The van der Waals surface area contributed by atoms with E-state index in [1.807, 2.05) is 31.7 Å². The molecule has 192 valence electrons. The van der Waals surface area contributed by atoms with Gasteiger partial charge in [0.1, 0.15) is 5.60 Å². The van der Waals surface area contributed by atoms with Gasteiger partial charge in [0.15, 0.2) is 8.32 Å². The van der Waals surface area contributed by atoms with E-state index >= 15 is 0 Å². The maximum absolute atomic E-state index is 13.4. The number of carbonyl (C=O) groups is 1.